The van der Waals surface area contributed by atoms with Gasteiger partial charge in [0.1, 0.15) is 102 Å². The topological polar surface area (TPSA) is 664 Å². The highest BCUT2D eigenvalue weighted by Gasteiger charge is 2.43. The normalized spacial score (nSPS) is 17.8. The average Bonchev–Trinajstić information content (AvgIpc) is 1.74. The Morgan fingerprint density at radius 2 is 0.916 bits per heavy atom. The molecule has 0 saturated carbocycles. The van der Waals surface area contributed by atoms with Gasteiger partial charge < -0.3 is 127 Å². The van der Waals surface area contributed by atoms with Crippen LogP contribution in [-0.2, 0) is 92.7 Å². The lowest BCUT2D eigenvalue weighted by atomic mass is 10.0. The van der Waals surface area contributed by atoms with Crippen LogP contribution in [0.5, 0.6) is 5.75 Å². The zero-order valence-electron chi connectivity index (χ0n) is 67.4. The summed E-state index contributed by atoms with van der Waals surface area (Å²) in [6.07, 6.45) is -1.93. The minimum atomic E-state index is -1.92. The number of aliphatic hydroxyl groups is 3. The molecule has 0 aromatic heterocycles. The molecule has 1 aromatic rings. The van der Waals surface area contributed by atoms with Crippen LogP contribution in [0.3, 0.4) is 0 Å². The molecule has 0 spiro atoms. The van der Waals surface area contributed by atoms with E-state index in [1.54, 1.807) is 20.1 Å². The number of nitrogens with one attached hydrogen (secondary N) is 15. The molecular formula is C73H118N18O24S4. The predicted molar refractivity (Wildman–Crippen MR) is 441 cm³/mol. The lowest BCUT2D eigenvalue weighted by Crippen LogP contribution is -2.63. The van der Waals surface area contributed by atoms with Gasteiger partial charge >= 0.3 is 11.9 Å². The fourth-order valence-corrected chi connectivity index (χ4v) is 13.5. The standard InChI is InChI=1S/C73H118N18O24S4/c1-35(2)29-47(83-62(103)44-20-22-54(96)78-44)64(105)79-43(14-9-11-26-75)61(102)86-50(32-116)68(109)84-48(30-40-16-18-41(95)19-17-40)65(106)90-57(39(6)94)71(112)87-51(33-117)67(108)80-42(13-8-10-25-74)60(101)82-46(21-23-55(97)98)72(113)91-27-12-15-53(91)69(110)81-45(24-28-119-7)63(104)89-56(38(5)93)70(111)85-49(31-92)66(107)77-36(3)58(99)76-37(4)59(100)88-52(34-118)73(114)115/h16-19,35-39,42-53,56-57,92-95,116-118H,8-15,20-34,74-75H2,1-7H3,(H,76,99)(H,77,107)(H,78,96)(H,79,105)(H,80,108)(H,81,110)(H,82,101)(H,83,103)(H,84,109)(H,85,111)(H,86,102)(H,87,112)(H,88,100)(H,89,104)(H,90,106)(H,97,98)(H,114,115)/t36-,37-,38+,39+,42-,43-,44-,45-,46-,47-,48-,49-,50-,51-,52-,53-,56-,57-/m0/s1. The van der Waals surface area contributed by atoms with Crippen LogP contribution >= 0.6 is 49.6 Å². The number of carbonyl (C=O) groups is 18. The van der Waals surface area contributed by atoms with E-state index in [9.17, 15) is 117 Å². The van der Waals surface area contributed by atoms with Gasteiger partial charge in [-0.3, -0.25) is 81.5 Å². The van der Waals surface area contributed by atoms with Crippen LogP contribution in [-0.4, -0.2) is 306 Å². The minimum Gasteiger partial charge on any atom is -0.508 e. The molecule has 2 heterocycles. The van der Waals surface area contributed by atoms with Crippen molar-refractivity contribution in [2.45, 2.75) is 247 Å². The van der Waals surface area contributed by atoms with Crippen LogP contribution in [0.2, 0.25) is 0 Å². The third-order valence-electron chi connectivity index (χ3n) is 19.0. The molecule has 119 heavy (non-hydrogen) atoms. The van der Waals surface area contributed by atoms with Crippen LogP contribution in [0.4, 0.5) is 0 Å². The molecule has 0 bridgehead atoms. The van der Waals surface area contributed by atoms with E-state index < -0.39 is 240 Å². The molecule has 2 aliphatic rings. The summed E-state index contributed by atoms with van der Waals surface area (Å²) in [5.74, 6) is -19.2. The van der Waals surface area contributed by atoms with Gasteiger partial charge in [0.15, 0.2) is 0 Å². The monoisotopic (exact) mass is 1760 g/mol. The Balaban J connectivity index is 1.85. The number of unbranched alkanes of at least 4 members (excludes halogenated alkanes) is 2. The Bertz CT molecular complexity index is 3650. The number of benzene rings is 1. The van der Waals surface area contributed by atoms with Gasteiger partial charge in [-0.05, 0) is 153 Å². The van der Waals surface area contributed by atoms with Gasteiger partial charge in [0.25, 0.3) is 0 Å². The molecule has 2 aliphatic heterocycles. The van der Waals surface area contributed by atoms with E-state index in [1.165, 1.54) is 49.9 Å². The van der Waals surface area contributed by atoms with Gasteiger partial charge in [0.2, 0.25) is 94.5 Å². The number of carboxylic acid groups (broad SMARTS) is 2. The van der Waals surface area contributed by atoms with Gasteiger partial charge in [-0.2, -0.15) is 49.6 Å². The molecule has 25 N–H and O–H groups in total. The molecule has 668 valence electrons. The van der Waals surface area contributed by atoms with Crippen molar-refractivity contribution in [1.82, 2.24) is 84.7 Å². The third kappa shape index (κ3) is 35.5. The van der Waals surface area contributed by atoms with Crippen LogP contribution in [0.1, 0.15) is 137 Å². The molecule has 16 amide bonds. The number of rotatable bonds is 54. The minimum absolute atomic E-state index is 0.0163. The maximum atomic E-state index is 14.7. The van der Waals surface area contributed by atoms with Crippen molar-refractivity contribution < 1.29 is 117 Å². The Kier molecular flexibility index (Phi) is 46.6. The first-order valence-corrected chi connectivity index (χ1v) is 42.2. The van der Waals surface area contributed by atoms with Crippen molar-refractivity contribution in [1.29, 1.82) is 0 Å². The van der Waals surface area contributed by atoms with Gasteiger partial charge in [-0.1, -0.05) is 26.0 Å². The summed E-state index contributed by atoms with van der Waals surface area (Å²) >= 11 is 13.7. The fourth-order valence-electron chi connectivity index (χ4n) is 12.2. The summed E-state index contributed by atoms with van der Waals surface area (Å²) in [6.45, 7) is 7.35. The van der Waals surface area contributed by atoms with E-state index in [4.69, 9.17) is 11.5 Å². The number of nitrogens with two attached hydrogens (primary N) is 2. The van der Waals surface area contributed by atoms with Gasteiger partial charge in [0.05, 0.1) is 18.8 Å². The third-order valence-corrected chi connectivity index (χ3v) is 20.8. The second-order valence-corrected chi connectivity index (χ2v) is 31.3. The first kappa shape index (κ1) is 104. The van der Waals surface area contributed by atoms with Crippen molar-refractivity contribution in [3.05, 3.63) is 29.8 Å². The lowest BCUT2D eigenvalue weighted by Gasteiger charge is -2.31. The number of hydrogen-bond acceptors (Lipinski definition) is 28. The summed E-state index contributed by atoms with van der Waals surface area (Å²) in [4.78, 5) is 245. The van der Waals surface area contributed by atoms with Crippen LogP contribution in [0.25, 0.3) is 0 Å². The molecule has 2 fully saturated rings. The largest absolute Gasteiger partial charge is 0.508 e. The smallest absolute Gasteiger partial charge is 0.327 e. The highest BCUT2D eigenvalue weighted by Crippen LogP contribution is 2.22. The summed E-state index contributed by atoms with van der Waals surface area (Å²) in [6, 6.07) is -18.6. The Hall–Kier alpha value is -9.32. The predicted octanol–water partition coefficient (Wildman–Crippen LogP) is -7.42. The first-order valence-electron chi connectivity index (χ1n) is 39.0. The number of aliphatic hydroxyl groups excluding tert-OH is 3. The van der Waals surface area contributed by atoms with Gasteiger partial charge in [0, 0.05) is 43.1 Å². The molecule has 42 nitrogen and oxygen atoms in total. The number of phenolic OH excluding ortho intramolecular Hbond substituents is 1. The fraction of sp³-hybridized carbons (Fsp3) is 0.671. The molecule has 46 heteroatoms. The molecule has 0 aliphatic carbocycles. The van der Waals surface area contributed by atoms with Crippen molar-refractivity contribution >= 4 is 156 Å². The van der Waals surface area contributed by atoms with E-state index >= 15 is 0 Å². The maximum Gasteiger partial charge on any atom is 0.327 e. The summed E-state index contributed by atoms with van der Waals surface area (Å²) in [7, 11) is 0. The Morgan fingerprint density at radius 1 is 0.496 bits per heavy atom. The summed E-state index contributed by atoms with van der Waals surface area (Å²) in [5.41, 5.74) is 11.9. The molecule has 1 aromatic carbocycles. The van der Waals surface area contributed by atoms with E-state index in [2.05, 4.69) is 118 Å². The molecule has 0 unspecified atom stereocenters. The number of likely N-dealkylation sites (tertiary alicyclic amines) is 1. The summed E-state index contributed by atoms with van der Waals surface area (Å²) in [5, 5.41) is 97.8. The van der Waals surface area contributed by atoms with Crippen molar-refractivity contribution in [3.8, 4) is 5.75 Å². The number of thiol groups is 3. The van der Waals surface area contributed by atoms with Crippen LogP contribution in [0, 0.1) is 5.92 Å². The number of carboxylic acids is 2. The number of phenols is 1. The van der Waals surface area contributed by atoms with Gasteiger partial charge in [-0.25, -0.2) is 4.79 Å². The second-order valence-electron chi connectivity index (χ2n) is 29.2. The first-order chi connectivity index (χ1) is 56.2. The quantitative estimate of drug-likeness (QED) is 0.0213. The average molecular weight is 1760 g/mol. The highest BCUT2D eigenvalue weighted by atomic mass is 32.2. The second kappa shape index (κ2) is 53.4. The highest BCUT2D eigenvalue weighted by molar-refractivity contribution is 7.98. The zero-order chi connectivity index (χ0) is 89.5. The molecule has 0 radical (unpaired) electrons. The van der Waals surface area contributed by atoms with Crippen molar-refractivity contribution in [2.24, 2.45) is 17.4 Å². The molecular weight excluding hydrogens is 1640 g/mol. The summed E-state index contributed by atoms with van der Waals surface area (Å²) < 4.78 is 0. The number of carbonyl (C=O) groups excluding carboxylic acids is 16. The number of thioether (sulfide) groups is 1. The zero-order valence-corrected chi connectivity index (χ0v) is 70.9. The van der Waals surface area contributed by atoms with Crippen LogP contribution < -0.4 is 91.2 Å². The number of aromatic hydroxyl groups is 1. The van der Waals surface area contributed by atoms with Crippen molar-refractivity contribution in [2.75, 3.05) is 55.5 Å². The Morgan fingerprint density at radius 3 is 1.38 bits per heavy atom. The van der Waals surface area contributed by atoms with Crippen LogP contribution in [0.15, 0.2) is 24.3 Å². The van der Waals surface area contributed by atoms with E-state index in [-0.39, 0.29) is 119 Å². The van der Waals surface area contributed by atoms with Gasteiger partial charge in [-0.15, -0.1) is 0 Å². The number of hydrogen-bond donors (Lipinski definition) is 26. The lowest BCUT2D eigenvalue weighted by molar-refractivity contribution is -0.144. The SMILES string of the molecule is CSCC[C@H](NC(=O)[C@@H]1CCCN1C(=O)[C@H](CCC(=O)O)NC(=O)[C@H](CCCCN)NC(=O)[C@H](CS)NC(=O)[C@@H](NC(=O)[C@H](Cc1ccc(O)cc1)NC(=O)[C@H](CS)NC(=O)[C@H](CCCCN)NC(=O)[C@H](CC(C)C)NC(=O)[C@@H]1CCC(=O)N1)[C@@H](C)O)C(=O)N[C@H](C(=O)N[C@@H](CO)C(=O)N[C@@H](C)C(=O)N[C@@H](C)C(=O)N[C@@H](CS)C(=O)O)[C@@H](C)O. The number of aliphatic carboxylic acids is 2. The maximum absolute atomic E-state index is 14.7. The van der Waals surface area contributed by atoms with Crippen molar-refractivity contribution in [3.63, 3.8) is 0 Å². The van der Waals surface area contributed by atoms with E-state index in [0.29, 0.717) is 18.4 Å². The number of amides is 16. The molecule has 3 rings (SSSR count). The van der Waals surface area contributed by atoms with E-state index in [0.717, 1.165) is 18.7 Å². The molecule has 18 atom stereocenters. The Labute approximate surface area is 709 Å². The molecule has 2 saturated heterocycles. The van der Waals surface area contributed by atoms with E-state index in [1.807, 2.05) is 0 Å². The number of nitrogens with zero attached hydrogens (tertiary/aromatic N) is 1.